The third-order valence-electron chi connectivity index (χ3n) is 1.72. The predicted octanol–water partition coefficient (Wildman–Crippen LogP) is 3.17. The lowest BCUT2D eigenvalue weighted by molar-refractivity contribution is 0.288. The molecule has 0 radical (unpaired) electrons. The molecular weight excluding hydrogens is 258 g/mol. The Labute approximate surface area is 89.7 Å². The summed E-state index contributed by atoms with van der Waals surface area (Å²) in [4.78, 5) is 0. The molecule has 1 nitrogen and oxygen atoms in total. The summed E-state index contributed by atoms with van der Waals surface area (Å²) in [5, 5.41) is 9.00. The predicted molar refractivity (Wildman–Crippen MR) is 54.5 cm³/mol. The van der Waals surface area contributed by atoms with E-state index in [0.717, 1.165) is 0 Å². The second-order valence-electron chi connectivity index (χ2n) is 2.65. The topological polar surface area (TPSA) is 20.2 Å². The van der Waals surface area contributed by atoms with Gasteiger partial charge in [0.15, 0.2) is 0 Å². The van der Waals surface area contributed by atoms with Gasteiger partial charge in [0.05, 0.1) is 5.02 Å². The largest absolute Gasteiger partial charge is 0.396 e. The lowest BCUT2D eigenvalue weighted by Crippen LogP contribution is -1.95. The molecule has 1 aromatic carbocycles. The van der Waals surface area contributed by atoms with Gasteiger partial charge < -0.3 is 5.11 Å². The van der Waals surface area contributed by atoms with Crippen molar-refractivity contribution in [2.75, 3.05) is 6.61 Å². The molecule has 0 aliphatic heterocycles. The van der Waals surface area contributed by atoms with Gasteiger partial charge in [0.25, 0.3) is 0 Å². The lowest BCUT2D eigenvalue weighted by atomic mass is 10.1. The van der Waals surface area contributed by atoms with Gasteiger partial charge in [0.1, 0.15) is 5.82 Å². The van der Waals surface area contributed by atoms with E-state index < -0.39 is 0 Å². The molecule has 0 unspecified atom stereocenters. The quantitative estimate of drug-likeness (QED) is 0.834. The van der Waals surface area contributed by atoms with E-state index in [-0.39, 0.29) is 12.4 Å². The van der Waals surface area contributed by atoms with Gasteiger partial charge in [-0.3, -0.25) is 0 Å². The third kappa shape index (κ3) is 2.66. The van der Waals surface area contributed by atoms with Crippen LogP contribution in [0.2, 0.25) is 5.02 Å². The molecule has 1 N–H and O–H groups in total. The van der Waals surface area contributed by atoms with E-state index in [4.69, 9.17) is 16.7 Å². The molecule has 0 amide bonds. The summed E-state index contributed by atoms with van der Waals surface area (Å²) in [5.74, 6) is -0.318. The summed E-state index contributed by atoms with van der Waals surface area (Å²) in [7, 11) is 0. The molecule has 0 aliphatic rings. The van der Waals surface area contributed by atoms with Crippen molar-refractivity contribution in [3.8, 4) is 0 Å². The second-order valence-corrected chi connectivity index (χ2v) is 3.88. The minimum absolute atomic E-state index is 0.0439. The average Bonchev–Trinajstić information content (AvgIpc) is 2.12. The van der Waals surface area contributed by atoms with Crippen LogP contribution >= 0.6 is 27.5 Å². The molecular formula is C9H9BrClFO. The fourth-order valence-corrected chi connectivity index (χ4v) is 1.67. The van der Waals surface area contributed by atoms with Crippen LogP contribution in [-0.4, -0.2) is 11.7 Å². The van der Waals surface area contributed by atoms with Gasteiger partial charge in [0.2, 0.25) is 0 Å². The number of aliphatic hydroxyl groups excluding tert-OH is 1. The molecule has 1 rings (SSSR count). The van der Waals surface area contributed by atoms with E-state index in [1.807, 2.05) is 0 Å². The highest BCUT2D eigenvalue weighted by Crippen LogP contribution is 2.28. The molecule has 0 saturated carbocycles. The molecule has 4 heteroatoms. The standard InChI is InChI=1S/C9H9BrClFO/c10-7-3-4-8(12)6(9(7)11)2-1-5-13/h3-4,13H,1-2,5H2. The minimum Gasteiger partial charge on any atom is -0.396 e. The Kier molecular flexibility index (Phi) is 4.16. The van der Waals surface area contributed by atoms with Gasteiger partial charge in [-0.1, -0.05) is 11.6 Å². The molecule has 0 aromatic heterocycles. The Bertz CT molecular complexity index is 304. The molecule has 0 atom stereocenters. The Morgan fingerprint density at radius 2 is 2.15 bits per heavy atom. The zero-order chi connectivity index (χ0) is 9.84. The van der Waals surface area contributed by atoms with Crippen LogP contribution in [0.25, 0.3) is 0 Å². The number of hydrogen-bond acceptors (Lipinski definition) is 1. The number of hydrogen-bond donors (Lipinski definition) is 1. The average molecular weight is 268 g/mol. The second kappa shape index (κ2) is 4.94. The first-order chi connectivity index (χ1) is 6.16. The lowest BCUT2D eigenvalue weighted by Gasteiger charge is -2.06. The van der Waals surface area contributed by atoms with Crippen molar-refractivity contribution in [3.63, 3.8) is 0 Å². The fraction of sp³-hybridized carbons (Fsp3) is 0.333. The van der Waals surface area contributed by atoms with Crippen LogP contribution in [0.1, 0.15) is 12.0 Å². The van der Waals surface area contributed by atoms with E-state index in [1.165, 1.54) is 6.07 Å². The molecule has 0 fully saturated rings. The smallest absolute Gasteiger partial charge is 0.127 e. The fourth-order valence-electron chi connectivity index (χ4n) is 1.05. The third-order valence-corrected chi connectivity index (χ3v) is 3.04. The highest BCUT2D eigenvalue weighted by Gasteiger charge is 2.09. The minimum atomic E-state index is -0.318. The summed E-state index contributed by atoms with van der Waals surface area (Å²) < 4.78 is 13.9. The first kappa shape index (κ1) is 11.0. The van der Waals surface area contributed by atoms with Crippen LogP contribution in [0.15, 0.2) is 16.6 Å². The Morgan fingerprint density at radius 1 is 1.46 bits per heavy atom. The highest BCUT2D eigenvalue weighted by molar-refractivity contribution is 9.10. The van der Waals surface area contributed by atoms with Crippen LogP contribution in [0.4, 0.5) is 4.39 Å². The van der Waals surface area contributed by atoms with Crippen LogP contribution in [-0.2, 0) is 6.42 Å². The summed E-state index contributed by atoms with van der Waals surface area (Å²) in [5.41, 5.74) is 0.463. The van der Waals surface area contributed by atoms with Crippen LogP contribution in [0.5, 0.6) is 0 Å². The van der Waals surface area contributed by atoms with Crippen molar-refractivity contribution in [1.29, 1.82) is 0 Å². The van der Waals surface area contributed by atoms with Crippen molar-refractivity contribution in [2.45, 2.75) is 12.8 Å². The van der Waals surface area contributed by atoms with E-state index in [0.29, 0.717) is 27.9 Å². The first-order valence-corrected chi connectivity index (χ1v) is 5.07. The van der Waals surface area contributed by atoms with Gasteiger partial charge in [0, 0.05) is 16.6 Å². The van der Waals surface area contributed by atoms with Crippen molar-refractivity contribution >= 4 is 27.5 Å². The number of aliphatic hydroxyl groups is 1. The van der Waals surface area contributed by atoms with Gasteiger partial charge in [-0.2, -0.15) is 0 Å². The zero-order valence-corrected chi connectivity index (χ0v) is 9.20. The Balaban J connectivity index is 2.96. The first-order valence-electron chi connectivity index (χ1n) is 3.90. The maximum Gasteiger partial charge on any atom is 0.127 e. The van der Waals surface area contributed by atoms with E-state index >= 15 is 0 Å². The van der Waals surface area contributed by atoms with Crippen molar-refractivity contribution in [3.05, 3.63) is 33.0 Å². The van der Waals surface area contributed by atoms with Crippen LogP contribution in [0.3, 0.4) is 0 Å². The molecule has 13 heavy (non-hydrogen) atoms. The zero-order valence-electron chi connectivity index (χ0n) is 6.86. The van der Waals surface area contributed by atoms with Crippen LogP contribution in [0, 0.1) is 5.82 Å². The Morgan fingerprint density at radius 3 is 2.77 bits per heavy atom. The maximum atomic E-state index is 13.2. The van der Waals surface area contributed by atoms with E-state index in [9.17, 15) is 4.39 Å². The molecule has 72 valence electrons. The van der Waals surface area contributed by atoms with Crippen LogP contribution < -0.4 is 0 Å². The van der Waals surface area contributed by atoms with E-state index in [1.54, 1.807) is 6.07 Å². The van der Waals surface area contributed by atoms with Gasteiger partial charge in [-0.15, -0.1) is 0 Å². The summed E-state index contributed by atoms with van der Waals surface area (Å²) in [6.07, 6.45) is 0.980. The van der Waals surface area contributed by atoms with Gasteiger partial charge in [-0.25, -0.2) is 4.39 Å². The van der Waals surface area contributed by atoms with Crippen molar-refractivity contribution in [1.82, 2.24) is 0 Å². The maximum absolute atomic E-state index is 13.2. The molecule has 1 aromatic rings. The number of halogens is 3. The number of rotatable bonds is 3. The summed E-state index contributed by atoms with van der Waals surface area (Å²) in [6, 6.07) is 2.93. The normalized spacial score (nSPS) is 10.5. The summed E-state index contributed by atoms with van der Waals surface area (Å²) in [6.45, 7) is 0.0439. The molecule has 0 heterocycles. The monoisotopic (exact) mass is 266 g/mol. The van der Waals surface area contributed by atoms with Crippen molar-refractivity contribution < 1.29 is 9.50 Å². The summed E-state index contributed by atoms with van der Waals surface area (Å²) >= 11 is 9.08. The van der Waals surface area contributed by atoms with Gasteiger partial charge in [-0.05, 0) is 40.9 Å². The highest BCUT2D eigenvalue weighted by atomic mass is 79.9. The van der Waals surface area contributed by atoms with Gasteiger partial charge >= 0.3 is 0 Å². The molecule has 0 aliphatic carbocycles. The molecule has 0 spiro atoms. The molecule has 0 saturated heterocycles. The molecule has 0 bridgehead atoms. The Hall–Kier alpha value is -0.120. The SMILES string of the molecule is OCCCc1c(F)ccc(Br)c1Cl. The van der Waals surface area contributed by atoms with Crippen molar-refractivity contribution in [2.24, 2.45) is 0 Å². The number of benzene rings is 1. The van der Waals surface area contributed by atoms with E-state index in [2.05, 4.69) is 15.9 Å².